The SMILES string of the molecule is O=C(/C=C/c1ccc(Cl)cc1Cl)N1CCCc2ccccc21. The predicted octanol–water partition coefficient (Wildman–Crippen LogP) is 4.99. The van der Waals surface area contributed by atoms with Crippen molar-refractivity contribution in [2.24, 2.45) is 0 Å². The van der Waals surface area contributed by atoms with Crippen molar-refractivity contribution in [3.63, 3.8) is 0 Å². The predicted molar refractivity (Wildman–Crippen MR) is 92.6 cm³/mol. The van der Waals surface area contributed by atoms with Gasteiger partial charge in [0.2, 0.25) is 0 Å². The van der Waals surface area contributed by atoms with Crippen molar-refractivity contribution in [3.8, 4) is 0 Å². The van der Waals surface area contributed by atoms with Crippen LogP contribution in [0.15, 0.2) is 48.5 Å². The smallest absolute Gasteiger partial charge is 0.250 e. The van der Waals surface area contributed by atoms with Crippen LogP contribution < -0.4 is 4.90 Å². The lowest BCUT2D eigenvalue weighted by Crippen LogP contribution is -2.34. The number of aryl methyl sites for hydroxylation is 1. The van der Waals surface area contributed by atoms with Crippen molar-refractivity contribution in [1.82, 2.24) is 0 Å². The number of anilines is 1. The number of para-hydroxylation sites is 1. The van der Waals surface area contributed by atoms with Gasteiger partial charge in [0.1, 0.15) is 0 Å². The monoisotopic (exact) mass is 331 g/mol. The Morgan fingerprint density at radius 1 is 1.14 bits per heavy atom. The van der Waals surface area contributed by atoms with Crippen molar-refractivity contribution < 1.29 is 4.79 Å². The van der Waals surface area contributed by atoms with Gasteiger partial charge in [0.25, 0.3) is 5.91 Å². The van der Waals surface area contributed by atoms with E-state index in [0.717, 1.165) is 30.6 Å². The molecule has 22 heavy (non-hydrogen) atoms. The number of nitrogens with zero attached hydrogens (tertiary/aromatic N) is 1. The quantitative estimate of drug-likeness (QED) is 0.710. The van der Waals surface area contributed by atoms with Gasteiger partial charge in [-0.1, -0.05) is 47.5 Å². The molecule has 0 unspecified atom stereocenters. The highest BCUT2D eigenvalue weighted by Gasteiger charge is 2.20. The Morgan fingerprint density at radius 3 is 2.77 bits per heavy atom. The molecule has 0 saturated heterocycles. The minimum absolute atomic E-state index is 0.0295. The molecule has 2 aromatic carbocycles. The second kappa shape index (κ2) is 6.55. The molecule has 0 aromatic heterocycles. The van der Waals surface area contributed by atoms with Crippen LogP contribution in [0.25, 0.3) is 6.08 Å². The lowest BCUT2D eigenvalue weighted by Gasteiger charge is -2.28. The number of halogens is 2. The van der Waals surface area contributed by atoms with E-state index in [1.807, 2.05) is 23.1 Å². The first kappa shape index (κ1) is 15.1. The molecule has 0 radical (unpaired) electrons. The summed E-state index contributed by atoms with van der Waals surface area (Å²) in [4.78, 5) is 14.3. The second-order valence-corrected chi connectivity index (χ2v) is 6.06. The molecule has 0 bridgehead atoms. The van der Waals surface area contributed by atoms with E-state index in [9.17, 15) is 4.79 Å². The largest absolute Gasteiger partial charge is 0.309 e. The Balaban J connectivity index is 1.82. The minimum atomic E-state index is -0.0295. The van der Waals surface area contributed by atoms with E-state index in [0.29, 0.717) is 10.0 Å². The number of hydrogen-bond donors (Lipinski definition) is 0. The van der Waals surface area contributed by atoms with Crippen LogP contribution in [0.4, 0.5) is 5.69 Å². The molecule has 1 aliphatic heterocycles. The molecule has 0 fully saturated rings. The van der Waals surface area contributed by atoms with Crippen LogP contribution >= 0.6 is 23.2 Å². The third-order valence-electron chi connectivity index (χ3n) is 3.74. The number of hydrogen-bond acceptors (Lipinski definition) is 1. The standard InChI is InChI=1S/C18H15Cl2NO/c19-15-9-7-13(16(20)12-15)8-10-18(22)21-11-3-5-14-4-1-2-6-17(14)21/h1-2,4,6-10,12H,3,5,11H2/b10-8+. The van der Waals surface area contributed by atoms with E-state index in [-0.39, 0.29) is 5.91 Å². The van der Waals surface area contributed by atoms with Crippen LogP contribution in [0.5, 0.6) is 0 Å². The molecule has 3 rings (SSSR count). The number of benzene rings is 2. The fourth-order valence-corrected chi connectivity index (χ4v) is 3.12. The second-order valence-electron chi connectivity index (χ2n) is 5.22. The van der Waals surface area contributed by atoms with Crippen molar-refractivity contribution in [3.05, 3.63) is 69.7 Å². The van der Waals surface area contributed by atoms with Crippen molar-refractivity contribution >= 4 is 40.9 Å². The molecule has 1 amide bonds. The van der Waals surface area contributed by atoms with Gasteiger partial charge in [-0.15, -0.1) is 0 Å². The summed E-state index contributed by atoms with van der Waals surface area (Å²) >= 11 is 12.0. The third kappa shape index (κ3) is 3.18. The number of rotatable bonds is 2. The van der Waals surface area contributed by atoms with Gasteiger partial charge in [0, 0.05) is 28.4 Å². The first-order valence-electron chi connectivity index (χ1n) is 7.18. The lowest BCUT2D eigenvalue weighted by atomic mass is 10.0. The van der Waals surface area contributed by atoms with Gasteiger partial charge in [0.05, 0.1) is 0 Å². The van der Waals surface area contributed by atoms with Gasteiger partial charge in [0.15, 0.2) is 0 Å². The van der Waals surface area contributed by atoms with Crippen LogP contribution in [-0.4, -0.2) is 12.5 Å². The molecule has 2 nitrogen and oxygen atoms in total. The molecule has 0 N–H and O–H groups in total. The van der Waals surface area contributed by atoms with Crippen LogP contribution in [0.1, 0.15) is 17.5 Å². The topological polar surface area (TPSA) is 20.3 Å². The molecule has 0 spiro atoms. The van der Waals surface area contributed by atoms with E-state index in [1.165, 1.54) is 5.56 Å². The summed E-state index contributed by atoms with van der Waals surface area (Å²) < 4.78 is 0. The molecule has 0 atom stereocenters. The molecule has 4 heteroatoms. The fraction of sp³-hybridized carbons (Fsp3) is 0.167. The summed E-state index contributed by atoms with van der Waals surface area (Å²) in [6, 6.07) is 13.3. The summed E-state index contributed by atoms with van der Waals surface area (Å²) in [5, 5.41) is 1.12. The van der Waals surface area contributed by atoms with Gasteiger partial charge < -0.3 is 4.90 Å². The van der Waals surface area contributed by atoms with E-state index in [1.54, 1.807) is 30.4 Å². The molecule has 1 heterocycles. The average molecular weight is 332 g/mol. The zero-order valence-corrected chi connectivity index (χ0v) is 13.4. The van der Waals surface area contributed by atoms with E-state index in [2.05, 4.69) is 6.07 Å². The maximum absolute atomic E-state index is 12.5. The molecule has 0 saturated carbocycles. The Morgan fingerprint density at radius 2 is 1.95 bits per heavy atom. The maximum atomic E-state index is 12.5. The Labute approximate surface area is 140 Å². The molecular weight excluding hydrogens is 317 g/mol. The lowest BCUT2D eigenvalue weighted by molar-refractivity contribution is -0.114. The Kier molecular flexibility index (Phi) is 4.51. The average Bonchev–Trinajstić information content (AvgIpc) is 2.53. The highest BCUT2D eigenvalue weighted by atomic mass is 35.5. The van der Waals surface area contributed by atoms with Crippen molar-refractivity contribution in [2.45, 2.75) is 12.8 Å². The van der Waals surface area contributed by atoms with Crippen molar-refractivity contribution in [1.29, 1.82) is 0 Å². The van der Waals surface area contributed by atoms with Crippen LogP contribution in [-0.2, 0) is 11.2 Å². The highest BCUT2D eigenvalue weighted by Crippen LogP contribution is 2.27. The number of carbonyl (C=O) groups excluding carboxylic acids is 1. The molecule has 2 aromatic rings. The zero-order chi connectivity index (χ0) is 15.5. The molecule has 0 aliphatic carbocycles. The summed E-state index contributed by atoms with van der Waals surface area (Å²) in [7, 11) is 0. The van der Waals surface area contributed by atoms with E-state index >= 15 is 0 Å². The highest BCUT2D eigenvalue weighted by molar-refractivity contribution is 6.35. The number of fused-ring (bicyclic) bond motifs is 1. The van der Waals surface area contributed by atoms with Gasteiger partial charge in [-0.05, 0) is 48.2 Å². The third-order valence-corrected chi connectivity index (χ3v) is 4.31. The summed E-state index contributed by atoms with van der Waals surface area (Å²) in [5.41, 5.74) is 3.01. The van der Waals surface area contributed by atoms with Gasteiger partial charge in [-0.25, -0.2) is 0 Å². The Hall–Kier alpha value is -1.77. The summed E-state index contributed by atoms with van der Waals surface area (Å²) in [6.07, 6.45) is 5.31. The first-order chi connectivity index (χ1) is 10.6. The summed E-state index contributed by atoms with van der Waals surface area (Å²) in [6.45, 7) is 0.745. The van der Waals surface area contributed by atoms with Crippen LogP contribution in [0.3, 0.4) is 0 Å². The maximum Gasteiger partial charge on any atom is 0.250 e. The normalized spacial score (nSPS) is 14.2. The van der Waals surface area contributed by atoms with Gasteiger partial charge in [-0.2, -0.15) is 0 Å². The molecule has 112 valence electrons. The number of carbonyl (C=O) groups is 1. The first-order valence-corrected chi connectivity index (χ1v) is 7.93. The Bertz CT molecular complexity index is 740. The zero-order valence-electron chi connectivity index (χ0n) is 11.9. The van der Waals surface area contributed by atoms with E-state index in [4.69, 9.17) is 23.2 Å². The van der Waals surface area contributed by atoms with Gasteiger partial charge in [-0.3, -0.25) is 4.79 Å². The minimum Gasteiger partial charge on any atom is -0.309 e. The molecule has 1 aliphatic rings. The van der Waals surface area contributed by atoms with Crippen LogP contribution in [0, 0.1) is 0 Å². The fourth-order valence-electron chi connectivity index (χ4n) is 2.65. The number of amides is 1. The van der Waals surface area contributed by atoms with Crippen LogP contribution in [0.2, 0.25) is 10.0 Å². The summed E-state index contributed by atoms with van der Waals surface area (Å²) in [5.74, 6) is -0.0295. The van der Waals surface area contributed by atoms with Crippen molar-refractivity contribution in [2.75, 3.05) is 11.4 Å². The van der Waals surface area contributed by atoms with Gasteiger partial charge >= 0.3 is 0 Å². The molecular formula is C18H15Cl2NO. The van der Waals surface area contributed by atoms with E-state index < -0.39 is 0 Å².